The van der Waals surface area contributed by atoms with E-state index in [2.05, 4.69) is 10.4 Å². The number of methoxy groups -OCH3 is 2. The zero-order valence-corrected chi connectivity index (χ0v) is 16.3. The van der Waals surface area contributed by atoms with Crippen LogP contribution in [-0.2, 0) is 11.5 Å². The maximum absolute atomic E-state index is 11.8. The number of carbonyl (C=O) groups excluding carboxylic acids is 1. The van der Waals surface area contributed by atoms with Crippen LogP contribution in [0.2, 0.25) is 0 Å². The maximum Gasteiger partial charge on any atom is 0.288 e. The quantitative estimate of drug-likeness (QED) is 0.669. The molecule has 0 saturated carbocycles. The van der Waals surface area contributed by atoms with Gasteiger partial charge >= 0.3 is 0 Å². The van der Waals surface area contributed by atoms with Crippen LogP contribution < -0.4 is 14.8 Å². The molecule has 0 unspecified atom stereocenters. The van der Waals surface area contributed by atoms with Crippen molar-refractivity contribution in [3.05, 3.63) is 23.0 Å². The van der Waals surface area contributed by atoms with Crippen LogP contribution in [0, 0.1) is 4.84 Å². The van der Waals surface area contributed by atoms with Crippen molar-refractivity contribution in [2.24, 2.45) is 0 Å². The Morgan fingerprint density at radius 1 is 1.35 bits per heavy atom. The monoisotopic (exact) mass is 380 g/mol. The van der Waals surface area contributed by atoms with Gasteiger partial charge < -0.3 is 19.2 Å². The summed E-state index contributed by atoms with van der Waals surface area (Å²) >= 11 is 5.24. The second-order valence-electron chi connectivity index (χ2n) is 5.75. The number of aromatic nitrogens is 2. The first-order valence-corrected chi connectivity index (χ1v) is 8.64. The van der Waals surface area contributed by atoms with Gasteiger partial charge in [0.15, 0.2) is 11.5 Å². The van der Waals surface area contributed by atoms with Gasteiger partial charge in [0.05, 0.1) is 27.4 Å². The van der Waals surface area contributed by atoms with Crippen LogP contribution in [0.5, 0.6) is 11.5 Å². The Labute approximate surface area is 157 Å². The molecule has 0 atom stereocenters. The average molecular weight is 380 g/mol. The Balaban J connectivity index is 2.11. The number of nitrogens with zero attached hydrogens (tertiary/aromatic N) is 3. The maximum atomic E-state index is 11.8. The minimum atomic E-state index is -0.0375. The first-order chi connectivity index (χ1) is 12.5. The Morgan fingerprint density at radius 2 is 2.08 bits per heavy atom. The Morgan fingerprint density at radius 3 is 2.73 bits per heavy atom. The molecule has 26 heavy (non-hydrogen) atoms. The van der Waals surface area contributed by atoms with Crippen molar-refractivity contribution in [2.75, 3.05) is 34.4 Å². The Hall–Kier alpha value is -2.39. The smallest absolute Gasteiger partial charge is 0.288 e. The van der Waals surface area contributed by atoms with Gasteiger partial charge in [0.1, 0.15) is 0 Å². The van der Waals surface area contributed by atoms with E-state index < -0.39 is 0 Å². The van der Waals surface area contributed by atoms with Crippen molar-refractivity contribution in [1.29, 1.82) is 0 Å². The van der Waals surface area contributed by atoms with Gasteiger partial charge in [-0.25, -0.2) is 4.68 Å². The van der Waals surface area contributed by atoms with Crippen molar-refractivity contribution in [3.8, 4) is 23.0 Å². The van der Waals surface area contributed by atoms with E-state index in [0.717, 1.165) is 12.0 Å². The highest BCUT2D eigenvalue weighted by atomic mass is 32.1. The predicted molar refractivity (Wildman–Crippen MR) is 99.8 cm³/mol. The van der Waals surface area contributed by atoms with Crippen molar-refractivity contribution < 1.29 is 18.7 Å². The highest BCUT2D eigenvalue weighted by Crippen LogP contribution is 2.31. The summed E-state index contributed by atoms with van der Waals surface area (Å²) in [6.45, 7) is 3.27. The molecule has 1 aromatic heterocycles. The lowest BCUT2D eigenvalue weighted by atomic mass is 10.2. The molecule has 0 fully saturated rings. The molecule has 1 amide bonds. The molecule has 2 rings (SSSR count). The standard InChI is InChI=1S/C17H24N4O4S/c1-5-8-18-15(22)10-20(2)11-21-17(26)25-16(19-21)12-6-7-13(23-3)14(9-12)24-4/h6-7,9H,5,8,10-11H2,1-4H3,(H,18,22). The number of amides is 1. The molecule has 0 spiro atoms. The van der Waals surface area contributed by atoms with E-state index in [9.17, 15) is 4.79 Å². The van der Waals surface area contributed by atoms with E-state index in [0.29, 0.717) is 30.6 Å². The van der Waals surface area contributed by atoms with E-state index in [1.54, 1.807) is 26.4 Å². The van der Waals surface area contributed by atoms with E-state index in [1.807, 2.05) is 24.9 Å². The highest BCUT2D eigenvalue weighted by molar-refractivity contribution is 7.71. The van der Waals surface area contributed by atoms with Gasteiger partial charge in [0.2, 0.25) is 11.8 Å². The lowest BCUT2D eigenvalue weighted by molar-refractivity contribution is -0.122. The summed E-state index contributed by atoms with van der Waals surface area (Å²) in [5, 5.41) is 7.23. The number of likely N-dealkylation sites (N-methyl/N-ethyl adjacent to an activating group) is 1. The van der Waals surface area contributed by atoms with Crippen LogP contribution in [0.3, 0.4) is 0 Å². The highest BCUT2D eigenvalue weighted by Gasteiger charge is 2.14. The zero-order valence-electron chi connectivity index (χ0n) is 15.4. The van der Waals surface area contributed by atoms with Gasteiger partial charge in [0.25, 0.3) is 4.84 Å². The van der Waals surface area contributed by atoms with Crippen LogP contribution >= 0.6 is 12.2 Å². The molecule has 142 valence electrons. The van der Waals surface area contributed by atoms with Gasteiger partial charge in [-0.15, -0.1) is 5.10 Å². The van der Waals surface area contributed by atoms with Crippen LogP contribution in [0.4, 0.5) is 0 Å². The van der Waals surface area contributed by atoms with Gasteiger partial charge in [-0.3, -0.25) is 9.69 Å². The fraction of sp³-hybridized carbons (Fsp3) is 0.471. The van der Waals surface area contributed by atoms with E-state index >= 15 is 0 Å². The van der Waals surface area contributed by atoms with Crippen molar-refractivity contribution >= 4 is 18.1 Å². The molecule has 0 radical (unpaired) electrons. The summed E-state index contributed by atoms with van der Waals surface area (Å²) in [7, 11) is 4.96. The number of rotatable bonds is 9. The molecule has 2 aromatic rings. The fourth-order valence-corrected chi connectivity index (χ4v) is 2.50. The minimum Gasteiger partial charge on any atom is -0.493 e. The van der Waals surface area contributed by atoms with E-state index in [4.69, 9.17) is 26.1 Å². The summed E-state index contributed by atoms with van der Waals surface area (Å²) < 4.78 is 17.6. The largest absolute Gasteiger partial charge is 0.493 e. The fourth-order valence-electron chi connectivity index (χ4n) is 2.33. The normalized spacial score (nSPS) is 10.8. The number of nitrogens with one attached hydrogen (secondary N) is 1. The molecule has 1 heterocycles. The third-order valence-corrected chi connectivity index (χ3v) is 3.89. The molecule has 0 aliphatic rings. The van der Waals surface area contributed by atoms with Crippen LogP contribution in [0.15, 0.2) is 22.6 Å². The van der Waals surface area contributed by atoms with Crippen molar-refractivity contribution in [3.63, 3.8) is 0 Å². The topological polar surface area (TPSA) is 81.8 Å². The van der Waals surface area contributed by atoms with Gasteiger partial charge in [0, 0.05) is 12.1 Å². The average Bonchev–Trinajstić information content (AvgIpc) is 2.99. The predicted octanol–water partition coefficient (Wildman–Crippen LogP) is 2.31. The first-order valence-electron chi connectivity index (χ1n) is 8.24. The van der Waals surface area contributed by atoms with Crippen LogP contribution in [0.1, 0.15) is 13.3 Å². The number of benzene rings is 1. The van der Waals surface area contributed by atoms with E-state index in [-0.39, 0.29) is 17.3 Å². The molecule has 8 nitrogen and oxygen atoms in total. The number of hydrogen-bond donors (Lipinski definition) is 1. The summed E-state index contributed by atoms with van der Waals surface area (Å²) in [4.78, 5) is 13.8. The third-order valence-electron chi connectivity index (χ3n) is 3.60. The summed E-state index contributed by atoms with van der Waals surface area (Å²) in [6, 6.07) is 5.36. The molecule has 1 N–H and O–H groups in total. The summed E-state index contributed by atoms with van der Waals surface area (Å²) in [5.41, 5.74) is 0.718. The number of ether oxygens (including phenoxy) is 2. The van der Waals surface area contributed by atoms with Crippen LogP contribution in [0.25, 0.3) is 11.5 Å². The van der Waals surface area contributed by atoms with Gasteiger partial charge in [-0.2, -0.15) is 0 Å². The summed E-state index contributed by atoms with van der Waals surface area (Å²) in [6.07, 6.45) is 0.901. The molecule has 0 saturated heterocycles. The Kier molecular flexibility index (Phi) is 7.16. The number of hydrogen-bond acceptors (Lipinski definition) is 7. The molecular weight excluding hydrogens is 356 g/mol. The molecule has 0 aliphatic carbocycles. The number of carbonyl (C=O) groups is 1. The molecule has 0 bridgehead atoms. The Bertz CT molecular complexity index is 802. The molecule has 9 heteroatoms. The minimum absolute atomic E-state index is 0.0375. The van der Waals surface area contributed by atoms with Crippen molar-refractivity contribution in [2.45, 2.75) is 20.0 Å². The lowest BCUT2D eigenvalue weighted by Gasteiger charge is -2.15. The second-order valence-corrected chi connectivity index (χ2v) is 6.10. The third kappa shape index (κ3) is 5.06. The van der Waals surface area contributed by atoms with Crippen LogP contribution in [-0.4, -0.2) is 54.9 Å². The lowest BCUT2D eigenvalue weighted by Crippen LogP contribution is -2.36. The molecule has 0 aliphatic heterocycles. The molecule has 1 aromatic carbocycles. The summed E-state index contributed by atoms with van der Waals surface area (Å²) in [5.74, 6) is 1.53. The van der Waals surface area contributed by atoms with Gasteiger partial charge in [-0.05, 0) is 43.9 Å². The first kappa shape index (κ1) is 19.9. The zero-order chi connectivity index (χ0) is 19.1. The van der Waals surface area contributed by atoms with E-state index in [1.165, 1.54) is 4.68 Å². The molecular formula is C17H24N4O4S. The van der Waals surface area contributed by atoms with Crippen molar-refractivity contribution in [1.82, 2.24) is 20.0 Å². The van der Waals surface area contributed by atoms with Gasteiger partial charge in [-0.1, -0.05) is 6.92 Å². The second kappa shape index (κ2) is 9.35. The SMILES string of the molecule is CCCNC(=O)CN(C)Cn1nc(-c2ccc(OC)c(OC)c2)oc1=S.